The zero-order chi connectivity index (χ0) is 15.2. The van der Waals surface area contributed by atoms with Crippen molar-refractivity contribution in [3.8, 4) is 0 Å². The van der Waals surface area contributed by atoms with Crippen molar-refractivity contribution in [1.82, 2.24) is 5.32 Å². The van der Waals surface area contributed by atoms with Gasteiger partial charge in [-0.2, -0.15) is 0 Å². The van der Waals surface area contributed by atoms with Gasteiger partial charge in [0.15, 0.2) is 0 Å². The minimum absolute atomic E-state index is 0.145. The second-order valence-electron chi connectivity index (χ2n) is 5.36. The first-order valence-corrected chi connectivity index (χ1v) is 7.34. The Morgan fingerprint density at radius 2 is 1.76 bits per heavy atom. The lowest BCUT2D eigenvalue weighted by Crippen LogP contribution is -2.25. The first-order valence-electron chi connectivity index (χ1n) is 7.34. The Balaban J connectivity index is 2.22. The normalized spacial score (nSPS) is 12.4. The highest BCUT2D eigenvalue weighted by Crippen LogP contribution is 2.22. The quantitative estimate of drug-likeness (QED) is 0.822. The first-order chi connectivity index (χ1) is 10.1. The van der Waals surface area contributed by atoms with Crippen molar-refractivity contribution >= 4 is 0 Å². The van der Waals surface area contributed by atoms with E-state index in [4.69, 9.17) is 0 Å². The van der Waals surface area contributed by atoms with Crippen LogP contribution >= 0.6 is 0 Å². The molecule has 0 aliphatic rings. The summed E-state index contributed by atoms with van der Waals surface area (Å²) in [5, 5.41) is 3.35. The Morgan fingerprint density at radius 1 is 1.05 bits per heavy atom. The molecule has 0 saturated heterocycles. The molecule has 1 nitrogen and oxygen atoms in total. The van der Waals surface area contributed by atoms with Crippen molar-refractivity contribution in [1.29, 1.82) is 0 Å². The van der Waals surface area contributed by atoms with Gasteiger partial charge in [-0.1, -0.05) is 42.8 Å². The van der Waals surface area contributed by atoms with Gasteiger partial charge in [-0.05, 0) is 37.9 Å². The molecule has 0 aromatic heterocycles. The Bertz CT molecular complexity index is 578. The summed E-state index contributed by atoms with van der Waals surface area (Å²) < 4.78 is 27.1. The predicted molar refractivity (Wildman–Crippen MR) is 82.3 cm³/mol. The van der Waals surface area contributed by atoms with Crippen LogP contribution in [0.2, 0.25) is 0 Å². The van der Waals surface area contributed by atoms with Gasteiger partial charge >= 0.3 is 0 Å². The third-order valence-corrected chi connectivity index (χ3v) is 3.54. The summed E-state index contributed by atoms with van der Waals surface area (Å²) in [6.45, 7) is 4.90. The maximum absolute atomic E-state index is 14.0. The van der Waals surface area contributed by atoms with Gasteiger partial charge in [0, 0.05) is 17.7 Å². The number of aryl methyl sites for hydroxylation is 1. The lowest BCUT2D eigenvalue weighted by molar-refractivity contribution is 0.491. The van der Waals surface area contributed by atoms with Gasteiger partial charge < -0.3 is 5.32 Å². The highest BCUT2D eigenvalue weighted by atomic mass is 19.1. The monoisotopic (exact) mass is 289 g/mol. The maximum atomic E-state index is 14.0. The number of nitrogens with one attached hydrogen (secondary N) is 1. The van der Waals surface area contributed by atoms with Crippen LogP contribution in [-0.4, -0.2) is 6.54 Å². The molecule has 0 heterocycles. The number of hydrogen-bond donors (Lipinski definition) is 1. The second kappa shape index (κ2) is 7.32. The molecule has 1 unspecified atom stereocenters. The molecule has 0 amide bonds. The zero-order valence-corrected chi connectivity index (χ0v) is 12.5. The largest absolute Gasteiger partial charge is 0.310 e. The lowest BCUT2D eigenvalue weighted by atomic mass is 9.97. The summed E-state index contributed by atoms with van der Waals surface area (Å²) in [5.74, 6) is -1.03. The van der Waals surface area contributed by atoms with E-state index >= 15 is 0 Å². The number of benzene rings is 2. The fourth-order valence-electron chi connectivity index (χ4n) is 2.35. The molecule has 1 N–H and O–H groups in total. The van der Waals surface area contributed by atoms with Crippen LogP contribution in [0.15, 0.2) is 42.5 Å². The molecule has 0 bridgehead atoms. The van der Waals surface area contributed by atoms with E-state index in [2.05, 4.69) is 24.4 Å². The van der Waals surface area contributed by atoms with E-state index in [0.29, 0.717) is 12.0 Å². The van der Waals surface area contributed by atoms with E-state index < -0.39 is 11.6 Å². The minimum atomic E-state index is -0.541. The maximum Gasteiger partial charge on any atom is 0.130 e. The summed E-state index contributed by atoms with van der Waals surface area (Å²) in [4.78, 5) is 0. The van der Waals surface area contributed by atoms with Crippen molar-refractivity contribution in [2.75, 3.05) is 6.54 Å². The van der Waals surface area contributed by atoms with Crippen molar-refractivity contribution < 1.29 is 8.78 Å². The fraction of sp³-hybridized carbons (Fsp3) is 0.333. The van der Waals surface area contributed by atoms with Gasteiger partial charge in [0.1, 0.15) is 11.6 Å². The molecular weight excluding hydrogens is 268 g/mol. The van der Waals surface area contributed by atoms with Crippen molar-refractivity contribution in [3.05, 3.63) is 70.8 Å². The molecular formula is C18H21F2N. The molecule has 2 aromatic rings. The molecule has 0 saturated carbocycles. The number of halogens is 2. The Morgan fingerprint density at radius 3 is 2.38 bits per heavy atom. The average molecular weight is 289 g/mol. The topological polar surface area (TPSA) is 12.0 Å². The van der Waals surface area contributed by atoms with Crippen LogP contribution in [0.3, 0.4) is 0 Å². The minimum Gasteiger partial charge on any atom is -0.310 e. The molecule has 0 aliphatic carbocycles. The van der Waals surface area contributed by atoms with E-state index in [9.17, 15) is 8.78 Å². The number of rotatable bonds is 6. The lowest BCUT2D eigenvalue weighted by Gasteiger charge is -2.20. The Hall–Kier alpha value is -1.74. The third-order valence-electron chi connectivity index (χ3n) is 3.54. The molecule has 3 heteroatoms. The van der Waals surface area contributed by atoms with Crippen LogP contribution in [0.4, 0.5) is 8.78 Å². The number of hydrogen-bond acceptors (Lipinski definition) is 1. The second-order valence-corrected chi connectivity index (χ2v) is 5.36. The van der Waals surface area contributed by atoms with Crippen LogP contribution in [0.1, 0.15) is 36.1 Å². The Kier molecular flexibility index (Phi) is 5.45. The fourth-order valence-corrected chi connectivity index (χ4v) is 2.35. The highest BCUT2D eigenvalue weighted by Gasteiger charge is 2.16. The Labute approximate surface area is 125 Å². The van der Waals surface area contributed by atoms with Gasteiger partial charge in [-0.3, -0.25) is 0 Å². The van der Waals surface area contributed by atoms with Gasteiger partial charge in [-0.15, -0.1) is 0 Å². The molecule has 2 aromatic carbocycles. The van der Waals surface area contributed by atoms with E-state index in [0.717, 1.165) is 24.6 Å². The van der Waals surface area contributed by atoms with Gasteiger partial charge in [0.25, 0.3) is 0 Å². The first kappa shape index (κ1) is 15.6. The molecule has 0 radical (unpaired) electrons. The molecule has 112 valence electrons. The van der Waals surface area contributed by atoms with Crippen LogP contribution in [0.25, 0.3) is 0 Å². The van der Waals surface area contributed by atoms with E-state index in [1.165, 1.54) is 17.7 Å². The smallest absolute Gasteiger partial charge is 0.130 e. The van der Waals surface area contributed by atoms with E-state index in [-0.39, 0.29) is 6.04 Å². The van der Waals surface area contributed by atoms with Crippen LogP contribution in [0.5, 0.6) is 0 Å². The van der Waals surface area contributed by atoms with Crippen molar-refractivity contribution in [2.24, 2.45) is 0 Å². The highest BCUT2D eigenvalue weighted by molar-refractivity contribution is 5.27. The van der Waals surface area contributed by atoms with Crippen molar-refractivity contribution in [3.63, 3.8) is 0 Å². The molecule has 0 fully saturated rings. The van der Waals surface area contributed by atoms with Crippen LogP contribution in [0, 0.1) is 18.6 Å². The average Bonchev–Trinajstić information content (AvgIpc) is 2.46. The summed E-state index contributed by atoms with van der Waals surface area (Å²) >= 11 is 0. The summed E-state index contributed by atoms with van der Waals surface area (Å²) in [6.07, 6.45) is 1.65. The van der Waals surface area contributed by atoms with Crippen molar-refractivity contribution in [2.45, 2.75) is 32.7 Å². The zero-order valence-electron chi connectivity index (χ0n) is 12.5. The van der Waals surface area contributed by atoms with E-state index in [1.54, 1.807) is 0 Å². The van der Waals surface area contributed by atoms with Crippen LogP contribution < -0.4 is 5.32 Å². The van der Waals surface area contributed by atoms with Gasteiger partial charge in [0.05, 0.1) is 0 Å². The molecule has 2 rings (SSSR count). The standard InChI is InChI=1S/C18H21F2N/c1-3-10-21-18(11-14-6-4-13(2)5-7-14)16-9-8-15(19)12-17(16)20/h4-9,12,18,21H,3,10-11H2,1-2H3. The third kappa shape index (κ3) is 4.36. The summed E-state index contributed by atoms with van der Waals surface area (Å²) in [7, 11) is 0. The molecule has 21 heavy (non-hydrogen) atoms. The predicted octanol–water partition coefficient (Wildman–Crippen LogP) is 4.56. The van der Waals surface area contributed by atoms with Gasteiger partial charge in [-0.25, -0.2) is 8.78 Å². The summed E-state index contributed by atoms with van der Waals surface area (Å²) in [6, 6.07) is 11.9. The summed E-state index contributed by atoms with van der Waals surface area (Å²) in [5.41, 5.74) is 2.85. The van der Waals surface area contributed by atoms with Gasteiger partial charge in [0.2, 0.25) is 0 Å². The molecule has 0 aliphatic heterocycles. The molecule has 0 spiro atoms. The van der Waals surface area contributed by atoms with Crippen LogP contribution in [-0.2, 0) is 6.42 Å². The van der Waals surface area contributed by atoms with E-state index in [1.807, 2.05) is 19.1 Å². The SMILES string of the molecule is CCCNC(Cc1ccc(C)cc1)c1ccc(F)cc1F. The molecule has 1 atom stereocenters.